The molecule has 8 nitrogen and oxygen atoms in total. The normalized spacial score (nSPS) is 12.0. The van der Waals surface area contributed by atoms with Crippen LogP contribution in [0.25, 0.3) is 0 Å². The number of sulfonamides is 1. The molecule has 132 valence electrons. The number of phenols is 1. The highest BCUT2D eigenvalue weighted by atomic mass is 79.9. The number of halogens is 1. The first-order valence-electron chi connectivity index (χ1n) is 6.83. The molecule has 0 saturated heterocycles. The Hall–Kier alpha value is -2.43. The number of amides is 1. The van der Waals surface area contributed by atoms with E-state index in [1.54, 1.807) is 12.1 Å². The third-order valence-corrected chi connectivity index (χ3v) is 4.77. The van der Waals surface area contributed by atoms with Gasteiger partial charge in [0, 0.05) is 12.1 Å². The number of hydrogen-bond acceptors (Lipinski definition) is 6. The molecule has 10 heteroatoms. The second-order valence-electron chi connectivity index (χ2n) is 5.03. The van der Waals surface area contributed by atoms with Crippen LogP contribution in [0, 0.1) is 0 Å². The van der Waals surface area contributed by atoms with Crippen molar-refractivity contribution < 1.29 is 23.5 Å². The lowest BCUT2D eigenvalue weighted by Gasteiger charge is -2.08. The van der Waals surface area contributed by atoms with Gasteiger partial charge < -0.3 is 15.6 Å². The van der Waals surface area contributed by atoms with Gasteiger partial charge in [0.1, 0.15) is 11.5 Å². The smallest absolute Gasteiger partial charge is 0.273 e. The Morgan fingerprint density at radius 2 is 1.84 bits per heavy atom. The number of nitrogens with zero attached hydrogens (tertiary/aromatic N) is 1. The second kappa shape index (κ2) is 7.64. The third-order valence-electron chi connectivity index (χ3n) is 3.21. The molecule has 0 aliphatic heterocycles. The van der Waals surface area contributed by atoms with E-state index in [0.29, 0.717) is 15.7 Å². The molecule has 0 saturated carbocycles. The molecule has 0 atom stereocenters. The number of hydrogen-bond donors (Lipinski definition) is 4. The van der Waals surface area contributed by atoms with Crippen LogP contribution < -0.4 is 10.5 Å². The number of primary sulfonamides is 1. The lowest BCUT2D eigenvalue weighted by Crippen LogP contribution is -2.25. The van der Waals surface area contributed by atoms with Gasteiger partial charge in [-0.15, -0.1) is 0 Å². The van der Waals surface area contributed by atoms with Crippen molar-refractivity contribution >= 4 is 43.3 Å². The SMILES string of the molecule is NS(=O)(=O)c1ccc(NC(=O)/C(Cc2ccc(O)c(Br)c2)=N/O)cc1. The summed E-state index contributed by atoms with van der Waals surface area (Å²) in [4.78, 5) is 12.1. The highest BCUT2D eigenvalue weighted by molar-refractivity contribution is 9.10. The average Bonchev–Trinajstić information content (AvgIpc) is 2.55. The minimum atomic E-state index is -3.82. The first kappa shape index (κ1) is 18.9. The lowest BCUT2D eigenvalue weighted by atomic mass is 10.1. The third kappa shape index (κ3) is 5.02. The van der Waals surface area contributed by atoms with Crippen molar-refractivity contribution in [1.29, 1.82) is 0 Å². The second-order valence-corrected chi connectivity index (χ2v) is 7.45. The topological polar surface area (TPSA) is 142 Å². The molecule has 0 aliphatic carbocycles. The Balaban J connectivity index is 2.11. The van der Waals surface area contributed by atoms with E-state index >= 15 is 0 Å². The number of benzene rings is 2. The van der Waals surface area contributed by atoms with Crippen LogP contribution in [0.1, 0.15) is 5.56 Å². The number of oxime groups is 1. The van der Waals surface area contributed by atoms with Crippen molar-refractivity contribution in [2.45, 2.75) is 11.3 Å². The Bertz CT molecular complexity index is 927. The Morgan fingerprint density at radius 3 is 2.36 bits per heavy atom. The van der Waals surface area contributed by atoms with E-state index in [0.717, 1.165) is 0 Å². The Labute approximate surface area is 152 Å². The molecule has 0 fully saturated rings. The predicted octanol–water partition coefficient (Wildman–Crippen LogP) is 1.81. The summed E-state index contributed by atoms with van der Waals surface area (Å²) in [7, 11) is -3.82. The maximum Gasteiger partial charge on any atom is 0.273 e. The number of carbonyl (C=O) groups excluding carboxylic acids is 1. The molecule has 1 amide bonds. The number of aromatic hydroxyl groups is 1. The number of phenolic OH excluding ortho intramolecular Hbond substituents is 1. The molecule has 2 rings (SSSR count). The summed E-state index contributed by atoms with van der Waals surface area (Å²) in [5.41, 5.74) is 0.788. The molecule has 0 aromatic heterocycles. The number of carbonyl (C=O) groups is 1. The zero-order valence-electron chi connectivity index (χ0n) is 12.7. The van der Waals surface area contributed by atoms with Crippen molar-refractivity contribution in [3.63, 3.8) is 0 Å². The van der Waals surface area contributed by atoms with Crippen LogP contribution in [0.3, 0.4) is 0 Å². The number of nitrogens with two attached hydrogens (primary N) is 1. The minimum absolute atomic E-state index is 0.0243. The van der Waals surface area contributed by atoms with Crippen LogP contribution in [0.15, 0.2) is 57.0 Å². The molecule has 5 N–H and O–H groups in total. The number of rotatable bonds is 5. The molecule has 2 aromatic rings. The van der Waals surface area contributed by atoms with E-state index in [4.69, 9.17) is 10.3 Å². The molecule has 0 heterocycles. The molecular weight excluding hydrogens is 414 g/mol. The average molecular weight is 428 g/mol. The Morgan fingerprint density at radius 1 is 1.20 bits per heavy atom. The van der Waals surface area contributed by atoms with Crippen LogP contribution in [-0.4, -0.2) is 30.4 Å². The standard InChI is InChI=1S/C15H14BrN3O5S/c16-12-7-9(1-6-14(12)20)8-13(19-22)15(21)18-10-2-4-11(5-3-10)25(17,23)24/h1-7,20,22H,8H2,(H,18,21)(H2,17,23,24)/b19-13+. The Kier molecular flexibility index (Phi) is 5.77. The molecule has 0 unspecified atom stereocenters. The molecule has 25 heavy (non-hydrogen) atoms. The molecule has 0 spiro atoms. The number of nitrogens with one attached hydrogen (secondary N) is 1. The summed E-state index contributed by atoms with van der Waals surface area (Å²) >= 11 is 3.16. The summed E-state index contributed by atoms with van der Waals surface area (Å²) in [6, 6.07) is 9.84. The van der Waals surface area contributed by atoms with Gasteiger partial charge in [-0.3, -0.25) is 4.79 Å². The van der Waals surface area contributed by atoms with E-state index in [1.807, 2.05) is 0 Å². The fraction of sp³-hybridized carbons (Fsp3) is 0.0667. The highest BCUT2D eigenvalue weighted by Gasteiger charge is 2.15. The summed E-state index contributed by atoms with van der Waals surface area (Å²) in [5.74, 6) is -0.610. The van der Waals surface area contributed by atoms with E-state index in [1.165, 1.54) is 30.3 Å². The van der Waals surface area contributed by atoms with Gasteiger partial charge in [0.05, 0.1) is 9.37 Å². The monoisotopic (exact) mass is 427 g/mol. The summed E-state index contributed by atoms with van der Waals surface area (Å²) < 4.78 is 22.8. The maximum absolute atomic E-state index is 12.2. The maximum atomic E-state index is 12.2. The van der Waals surface area contributed by atoms with Crippen LogP contribution in [0.2, 0.25) is 0 Å². The zero-order chi connectivity index (χ0) is 18.6. The van der Waals surface area contributed by atoms with Crippen LogP contribution in [0.4, 0.5) is 5.69 Å². The van der Waals surface area contributed by atoms with Crippen LogP contribution in [-0.2, 0) is 21.2 Å². The molecule has 0 bridgehead atoms. The summed E-state index contributed by atoms with van der Waals surface area (Å²) in [6.45, 7) is 0. The van der Waals surface area contributed by atoms with Crippen molar-refractivity contribution in [2.75, 3.05) is 5.32 Å². The van der Waals surface area contributed by atoms with E-state index in [2.05, 4.69) is 26.4 Å². The lowest BCUT2D eigenvalue weighted by molar-refractivity contribution is -0.110. The summed E-state index contributed by atoms with van der Waals surface area (Å²) in [6.07, 6.45) is 0.0243. The van der Waals surface area contributed by atoms with E-state index in [-0.39, 0.29) is 22.8 Å². The van der Waals surface area contributed by atoms with Crippen LogP contribution >= 0.6 is 15.9 Å². The molecule has 0 aliphatic rings. The first-order chi connectivity index (χ1) is 11.7. The quantitative estimate of drug-likeness (QED) is 0.327. The zero-order valence-corrected chi connectivity index (χ0v) is 15.1. The van der Waals surface area contributed by atoms with Crippen LogP contribution in [0.5, 0.6) is 5.75 Å². The minimum Gasteiger partial charge on any atom is -0.507 e. The number of anilines is 1. The van der Waals surface area contributed by atoms with Gasteiger partial charge in [-0.1, -0.05) is 11.2 Å². The van der Waals surface area contributed by atoms with Gasteiger partial charge in [0.25, 0.3) is 5.91 Å². The van der Waals surface area contributed by atoms with Crippen molar-refractivity contribution in [3.05, 3.63) is 52.5 Å². The van der Waals surface area contributed by atoms with Gasteiger partial charge in [-0.25, -0.2) is 13.6 Å². The molecular formula is C15H14BrN3O5S. The van der Waals surface area contributed by atoms with Gasteiger partial charge in [0.2, 0.25) is 10.0 Å². The van der Waals surface area contributed by atoms with Crippen molar-refractivity contribution in [3.8, 4) is 5.75 Å². The van der Waals surface area contributed by atoms with Gasteiger partial charge in [-0.2, -0.15) is 0 Å². The predicted molar refractivity (Wildman–Crippen MR) is 95.2 cm³/mol. The summed E-state index contributed by atoms with van der Waals surface area (Å²) in [5, 5.41) is 29.0. The van der Waals surface area contributed by atoms with E-state index in [9.17, 15) is 18.3 Å². The fourth-order valence-electron chi connectivity index (χ4n) is 1.95. The molecule has 2 aromatic carbocycles. The van der Waals surface area contributed by atoms with Crippen molar-refractivity contribution in [2.24, 2.45) is 10.3 Å². The van der Waals surface area contributed by atoms with E-state index < -0.39 is 15.9 Å². The molecule has 0 radical (unpaired) electrons. The van der Waals surface area contributed by atoms with Crippen molar-refractivity contribution in [1.82, 2.24) is 0 Å². The van der Waals surface area contributed by atoms with Gasteiger partial charge in [-0.05, 0) is 57.9 Å². The first-order valence-corrected chi connectivity index (χ1v) is 9.17. The fourth-order valence-corrected chi connectivity index (χ4v) is 2.89. The van der Waals surface area contributed by atoms with Gasteiger partial charge in [0.15, 0.2) is 0 Å². The van der Waals surface area contributed by atoms with Gasteiger partial charge >= 0.3 is 0 Å². The largest absolute Gasteiger partial charge is 0.507 e. The highest BCUT2D eigenvalue weighted by Crippen LogP contribution is 2.24.